The first-order chi connectivity index (χ1) is 14.6. The van der Waals surface area contributed by atoms with Gasteiger partial charge in [-0.1, -0.05) is 37.1 Å². The van der Waals surface area contributed by atoms with Crippen LogP contribution in [0.5, 0.6) is 5.75 Å². The number of methoxy groups -OCH3 is 1. The van der Waals surface area contributed by atoms with E-state index in [0.29, 0.717) is 17.7 Å². The summed E-state index contributed by atoms with van der Waals surface area (Å²) in [4.78, 5) is 28.7. The number of aliphatic hydroxyl groups excluding tert-OH is 1. The summed E-state index contributed by atoms with van der Waals surface area (Å²) in [7, 11) is 1.66. The molecule has 0 radical (unpaired) electrons. The van der Waals surface area contributed by atoms with Crippen molar-refractivity contribution in [3.8, 4) is 5.75 Å². The number of hydrogen-bond acceptors (Lipinski definition) is 5. The molecule has 0 spiro atoms. The van der Waals surface area contributed by atoms with Gasteiger partial charge in [-0.3, -0.25) is 19.4 Å². The van der Waals surface area contributed by atoms with Crippen molar-refractivity contribution in [2.45, 2.75) is 37.8 Å². The molecule has 6 nitrogen and oxygen atoms in total. The number of imide groups is 1. The molecular formula is C24H28N2O4. The molecule has 0 bridgehead atoms. The van der Waals surface area contributed by atoms with E-state index in [2.05, 4.69) is 17.0 Å². The highest BCUT2D eigenvalue weighted by Gasteiger charge is 2.36. The van der Waals surface area contributed by atoms with Gasteiger partial charge in [0.05, 0.1) is 30.9 Å². The number of β-amino-alcohol motifs (C(OH)–C–C–N with tert-alkyl or cyclic N) is 1. The lowest BCUT2D eigenvalue weighted by Crippen LogP contribution is -2.43. The Labute approximate surface area is 177 Å². The third-order valence-corrected chi connectivity index (χ3v) is 6.08. The predicted octanol–water partition coefficient (Wildman–Crippen LogP) is 3.27. The summed E-state index contributed by atoms with van der Waals surface area (Å²) in [6, 6.07) is 15.1. The van der Waals surface area contributed by atoms with E-state index in [-0.39, 0.29) is 24.4 Å². The van der Waals surface area contributed by atoms with Gasteiger partial charge in [-0.15, -0.1) is 0 Å². The van der Waals surface area contributed by atoms with E-state index in [1.807, 2.05) is 12.1 Å². The molecule has 1 saturated heterocycles. The maximum atomic E-state index is 12.6. The van der Waals surface area contributed by atoms with Crippen LogP contribution in [0.15, 0.2) is 48.5 Å². The first kappa shape index (κ1) is 20.6. The lowest BCUT2D eigenvalue weighted by Gasteiger charge is -2.33. The molecule has 2 heterocycles. The second-order valence-electron chi connectivity index (χ2n) is 8.05. The summed E-state index contributed by atoms with van der Waals surface area (Å²) in [5.74, 6) is 0.180. The van der Waals surface area contributed by atoms with Crippen molar-refractivity contribution in [3.05, 3.63) is 65.2 Å². The topological polar surface area (TPSA) is 70.1 Å². The monoisotopic (exact) mass is 408 g/mol. The van der Waals surface area contributed by atoms with E-state index in [4.69, 9.17) is 4.74 Å². The van der Waals surface area contributed by atoms with Crippen LogP contribution >= 0.6 is 0 Å². The fourth-order valence-electron chi connectivity index (χ4n) is 4.53. The average Bonchev–Trinajstić information content (AvgIpc) is 2.92. The van der Waals surface area contributed by atoms with E-state index in [0.717, 1.165) is 38.0 Å². The largest absolute Gasteiger partial charge is 0.497 e. The van der Waals surface area contributed by atoms with E-state index >= 15 is 0 Å². The molecule has 2 aliphatic rings. The highest BCUT2D eigenvalue weighted by Crippen LogP contribution is 2.31. The van der Waals surface area contributed by atoms with Crippen molar-refractivity contribution in [1.29, 1.82) is 0 Å². The van der Waals surface area contributed by atoms with Crippen LogP contribution in [0.4, 0.5) is 0 Å². The Balaban J connectivity index is 1.46. The minimum atomic E-state index is -0.800. The number of likely N-dealkylation sites (tertiary alicyclic amines) is 1. The zero-order chi connectivity index (χ0) is 21.1. The van der Waals surface area contributed by atoms with Crippen LogP contribution in [0.2, 0.25) is 0 Å². The number of hydrogen-bond donors (Lipinski definition) is 1. The lowest BCUT2D eigenvalue weighted by atomic mass is 10.0. The van der Waals surface area contributed by atoms with Gasteiger partial charge in [0, 0.05) is 12.6 Å². The third kappa shape index (κ3) is 4.11. The van der Waals surface area contributed by atoms with Gasteiger partial charge in [-0.25, -0.2) is 0 Å². The van der Waals surface area contributed by atoms with Gasteiger partial charge < -0.3 is 9.84 Å². The van der Waals surface area contributed by atoms with Crippen LogP contribution in [0.25, 0.3) is 0 Å². The van der Waals surface area contributed by atoms with Gasteiger partial charge in [-0.2, -0.15) is 0 Å². The van der Waals surface area contributed by atoms with Gasteiger partial charge in [0.25, 0.3) is 11.8 Å². The number of amides is 2. The first-order valence-electron chi connectivity index (χ1n) is 10.6. The summed E-state index contributed by atoms with van der Waals surface area (Å²) in [5.41, 5.74) is 2.03. The van der Waals surface area contributed by atoms with E-state index in [9.17, 15) is 14.7 Å². The zero-order valence-corrected chi connectivity index (χ0v) is 17.3. The third-order valence-electron chi connectivity index (χ3n) is 6.08. The molecule has 2 amide bonds. The average molecular weight is 408 g/mol. The number of carbonyl (C=O) groups excluding carboxylic acids is 2. The molecular weight excluding hydrogens is 380 g/mol. The Bertz CT molecular complexity index is 877. The quantitative estimate of drug-likeness (QED) is 0.743. The van der Waals surface area contributed by atoms with E-state index in [1.54, 1.807) is 31.4 Å². The molecule has 2 unspecified atom stereocenters. The number of carbonyl (C=O) groups is 2. The Morgan fingerprint density at radius 2 is 1.63 bits per heavy atom. The second kappa shape index (κ2) is 8.98. The molecule has 2 aliphatic heterocycles. The van der Waals surface area contributed by atoms with Crippen LogP contribution in [0.1, 0.15) is 58.0 Å². The van der Waals surface area contributed by atoms with Crippen LogP contribution in [-0.4, -0.2) is 59.6 Å². The van der Waals surface area contributed by atoms with Crippen molar-refractivity contribution < 1.29 is 19.4 Å². The Hall–Kier alpha value is -2.70. The standard InChI is InChI=1S/C24H28N2O4/c1-30-19-12-10-17(11-13-19)22-9-3-2-6-14-25(22)15-18(27)16-26-23(28)20-7-4-5-8-21(20)24(26)29/h4-5,7-8,10-13,18,22,27H,2-3,6,9,14-16H2,1H3. The highest BCUT2D eigenvalue weighted by atomic mass is 16.5. The van der Waals surface area contributed by atoms with Crippen molar-refractivity contribution in [2.75, 3.05) is 26.7 Å². The van der Waals surface area contributed by atoms with Crippen LogP contribution in [0.3, 0.4) is 0 Å². The molecule has 2 aromatic rings. The summed E-state index contributed by atoms with van der Waals surface area (Å²) in [5, 5.41) is 10.8. The molecule has 0 aromatic heterocycles. The molecule has 30 heavy (non-hydrogen) atoms. The number of benzene rings is 2. The Kier molecular flexibility index (Phi) is 6.16. The minimum Gasteiger partial charge on any atom is -0.497 e. The van der Waals surface area contributed by atoms with Crippen LogP contribution < -0.4 is 4.74 Å². The SMILES string of the molecule is COc1ccc(C2CCCCCN2CC(O)CN2C(=O)c3ccccc3C2=O)cc1. The van der Waals surface area contributed by atoms with Crippen molar-refractivity contribution >= 4 is 11.8 Å². The van der Waals surface area contributed by atoms with Gasteiger partial charge >= 0.3 is 0 Å². The summed E-state index contributed by atoms with van der Waals surface area (Å²) < 4.78 is 5.27. The van der Waals surface area contributed by atoms with Gasteiger partial charge in [-0.05, 0) is 49.2 Å². The van der Waals surface area contributed by atoms with Gasteiger partial charge in [0.15, 0.2) is 0 Å². The van der Waals surface area contributed by atoms with E-state index < -0.39 is 6.10 Å². The lowest BCUT2D eigenvalue weighted by molar-refractivity contribution is 0.0424. The zero-order valence-electron chi connectivity index (χ0n) is 17.3. The molecule has 2 aromatic carbocycles. The number of rotatable bonds is 6. The second-order valence-corrected chi connectivity index (χ2v) is 8.05. The van der Waals surface area contributed by atoms with Crippen LogP contribution in [0, 0.1) is 0 Å². The fraction of sp³-hybridized carbons (Fsp3) is 0.417. The van der Waals surface area contributed by atoms with Gasteiger partial charge in [0.1, 0.15) is 5.75 Å². The number of aliphatic hydroxyl groups is 1. The highest BCUT2D eigenvalue weighted by molar-refractivity contribution is 6.21. The summed E-state index contributed by atoms with van der Waals surface area (Å²) >= 11 is 0. The van der Waals surface area contributed by atoms with Crippen molar-refractivity contribution in [2.24, 2.45) is 0 Å². The number of ether oxygens (including phenoxy) is 1. The smallest absolute Gasteiger partial charge is 0.261 e. The van der Waals surface area contributed by atoms with Crippen molar-refractivity contribution in [1.82, 2.24) is 9.80 Å². The maximum Gasteiger partial charge on any atom is 0.261 e. The molecule has 0 aliphatic carbocycles. The molecule has 1 N–H and O–H groups in total. The molecule has 2 atom stereocenters. The molecule has 4 rings (SSSR count). The Morgan fingerprint density at radius 1 is 0.967 bits per heavy atom. The Morgan fingerprint density at radius 3 is 2.27 bits per heavy atom. The summed E-state index contributed by atoms with van der Waals surface area (Å²) in [6.07, 6.45) is 3.60. The number of nitrogens with zero attached hydrogens (tertiary/aromatic N) is 2. The van der Waals surface area contributed by atoms with Crippen LogP contribution in [-0.2, 0) is 0 Å². The van der Waals surface area contributed by atoms with Gasteiger partial charge in [0.2, 0.25) is 0 Å². The first-order valence-corrected chi connectivity index (χ1v) is 10.6. The normalized spacial score (nSPS) is 20.7. The molecule has 158 valence electrons. The van der Waals surface area contributed by atoms with Crippen molar-refractivity contribution in [3.63, 3.8) is 0 Å². The fourth-order valence-corrected chi connectivity index (χ4v) is 4.53. The predicted molar refractivity (Wildman–Crippen MR) is 114 cm³/mol. The maximum absolute atomic E-state index is 12.6. The molecule has 1 fully saturated rings. The van der Waals surface area contributed by atoms with E-state index in [1.165, 1.54) is 10.5 Å². The number of fused-ring (bicyclic) bond motifs is 1. The minimum absolute atomic E-state index is 0.0121. The molecule has 6 heteroatoms. The summed E-state index contributed by atoms with van der Waals surface area (Å²) in [6.45, 7) is 1.32. The molecule has 0 saturated carbocycles.